The van der Waals surface area contributed by atoms with Crippen molar-refractivity contribution in [3.05, 3.63) is 243 Å². The lowest BCUT2D eigenvalue weighted by Crippen LogP contribution is -2.90. The number of fused-ring (bicyclic) bond motifs is 4. The van der Waals surface area contributed by atoms with Crippen LogP contribution in [0.25, 0.3) is 0 Å². The lowest BCUT2D eigenvalue weighted by molar-refractivity contribution is 0.0400. The van der Waals surface area contributed by atoms with Gasteiger partial charge in [0.05, 0.1) is 0 Å². The van der Waals surface area contributed by atoms with E-state index in [1.807, 2.05) is 0 Å². The summed E-state index contributed by atoms with van der Waals surface area (Å²) < 4.78 is 74.5. The van der Waals surface area contributed by atoms with E-state index >= 15 is 0 Å². The van der Waals surface area contributed by atoms with Crippen molar-refractivity contribution in [2.24, 2.45) is 0 Å². The molecule has 3 aliphatic heterocycles. The molecule has 11 rings (SSSR count). The van der Waals surface area contributed by atoms with Crippen LogP contribution in [0.5, 0.6) is 0 Å². The zero-order valence-corrected chi connectivity index (χ0v) is 45.0. The zero-order chi connectivity index (χ0) is 48.0. The van der Waals surface area contributed by atoms with Crippen LogP contribution in [0.4, 0.5) is 0 Å². The summed E-state index contributed by atoms with van der Waals surface area (Å²) in [7, 11) is -41.3. The average Bonchev–Trinajstić information content (AvgIpc) is 3.39. The summed E-state index contributed by atoms with van der Waals surface area (Å²) in [6.07, 6.45) is 0. The highest BCUT2D eigenvalue weighted by atomic mass is 28.6. The molecule has 3 saturated heterocycles. The molecule has 70 heavy (non-hydrogen) atoms. The fraction of sp³-hybridized carbons (Fsp3) is 0. The lowest BCUT2D eigenvalue weighted by atomic mass is 10.4. The van der Waals surface area contributed by atoms with E-state index in [-0.39, 0.29) is 41.5 Å². The molecule has 14 nitrogen and oxygen atoms in total. The summed E-state index contributed by atoms with van der Waals surface area (Å²) in [4.78, 5) is 54.2. The molecule has 0 amide bonds. The van der Waals surface area contributed by atoms with E-state index in [9.17, 15) is 19.2 Å². The molecule has 22 heteroatoms. The van der Waals surface area contributed by atoms with Gasteiger partial charge in [-0.2, -0.15) is 0 Å². The molecule has 3 heterocycles. The minimum absolute atomic E-state index is 0.177. The fourth-order valence-corrected chi connectivity index (χ4v) is 45.9. The molecule has 0 aliphatic carbocycles. The zero-order valence-electron chi connectivity index (χ0n) is 37.0. The molecule has 3 fully saturated rings. The molecular weight excluding hydrogens is 1030 g/mol. The van der Waals surface area contributed by atoms with Crippen molar-refractivity contribution in [1.82, 2.24) is 0 Å². The maximum Gasteiger partial charge on any atom is 0.520 e. The first-order valence-corrected chi connectivity index (χ1v) is 36.2. The second-order valence-electron chi connectivity index (χ2n) is 16.5. The van der Waals surface area contributed by atoms with E-state index < -0.39 is 70.4 Å². The molecule has 8 aromatic rings. The third kappa shape index (κ3) is 8.66. The topological polar surface area (TPSA) is 173 Å². The van der Waals surface area contributed by atoms with Gasteiger partial charge in [-0.3, -0.25) is 0 Å². The monoisotopic (exact) mass is 1070 g/mol. The van der Waals surface area contributed by atoms with E-state index in [1.165, 1.54) is 0 Å². The van der Waals surface area contributed by atoms with Crippen LogP contribution in [-0.2, 0) is 41.2 Å². The Morgan fingerprint density at radius 2 is 0.314 bits per heavy atom. The summed E-state index contributed by atoms with van der Waals surface area (Å²) in [5.41, 5.74) is 0. The number of hydrogen-bond donors (Lipinski definition) is 4. The fourth-order valence-electron chi connectivity index (χ4n) is 8.49. The lowest BCUT2D eigenvalue weighted by Gasteiger charge is -2.55. The van der Waals surface area contributed by atoms with Gasteiger partial charge in [0.1, 0.15) is 0 Å². The number of rotatable bonds is 8. The Labute approximate surface area is 412 Å². The molecule has 4 bridgehead atoms. The molecule has 3 aliphatic rings. The molecule has 4 atom stereocenters. The van der Waals surface area contributed by atoms with Gasteiger partial charge < -0.3 is 60.3 Å². The predicted octanol–water partition coefficient (Wildman–Crippen LogP) is 0.931. The van der Waals surface area contributed by atoms with Gasteiger partial charge in [0.15, 0.2) is 0 Å². The molecule has 0 radical (unpaired) electrons. The minimum atomic E-state index is -5.19. The number of hydrogen-bond acceptors (Lipinski definition) is 14. The predicted molar refractivity (Wildman–Crippen MR) is 274 cm³/mol. The van der Waals surface area contributed by atoms with Crippen molar-refractivity contribution >= 4 is 112 Å². The average molecular weight is 1070 g/mol. The normalized spacial score (nSPS) is 32.2. The van der Waals surface area contributed by atoms with Gasteiger partial charge in [-0.15, -0.1) is 0 Å². The molecular formula is C48H44O14Si8. The third-order valence-corrected chi connectivity index (χ3v) is 41.9. The summed E-state index contributed by atoms with van der Waals surface area (Å²) >= 11 is 0. The Balaban J connectivity index is 1.30. The van der Waals surface area contributed by atoms with Crippen molar-refractivity contribution in [3.63, 3.8) is 0 Å². The molecule has 352 valence electrons. The molecule has 0 spiro atoms. The molecule has 0 saturated carbocycles. The second kappa shape index (κ2) is 18.5. The third-order valence-electron chi connectivity index (χ3n) is 11.8. The Kier molecular flexibility index (Phi) is 12.5. The second-order valence-corrected chi connectivity index (χ2v) is 38.4. The standard InChI is InChI=1S/C48H44O14Si8/c49-63(41-25-9-1-10-26-41)53-64(50,42-27-11-2-12-28-42)56-68(46-35-19-6-20-36-46)59-67(55-63,45-33-17-5-18-34-45)61-69(47-37-21-7-22-38-47)57-65(51,43-29-13-3-14-30-43)54-66(52,44-31-15-4-16-32-44)58-70(60-69,62-68)48-39-23-8-24-40-48/h1-40,49-52H. The Morgan fingerprint density at radius 1 is 0.171 bits per heavy atom. The maximum absolute atomic E-state index is 13.5. The molecule has 8 aromatic carbocycles. The van der Waals surface area contributed by atoms with E-state index in [4.69, 9.17) is 41.2 Å². The minimum Gasteiger partial charge on any atom is -0.387 e. The quantitative estimate of drug-likeness (QED) is 0.159. The van der Waals surface area contributed by atoms with Crippen LogP contribution in [-0.4, -0.2) is 89.6 Å². The van der Waals surface area contributed by atoms with Gasteiger partial charge in [0.2, 0.25) is 0 Å². The maximum atomic E-state index is 13.5. The van der Waals surface area contributed by atoms with E-state index in [0.717, 1.165) is 0 Å². The van der Waals surface area contributed by atoms with Crippen LogP contribution in [0.3, 0.4) is 0 Å². The van der Waals surface area contributed by atoms with Gasteiger partial charge in [-0.05, 0) is 0 Å². The van der Waals surface area contributed by atoms with Crippen LogP contribution in [0.2, 0.25) is 0 Å². The first kappa shape index (κ1) is 47.3. The van der Waals surface area contributed by atoms with Crippen LogP contribution in [0.1, 0.15) is 0 Å². The molecule has 0 aromatic heterocycles. The summed E-state index contributed by atoms with van der Waals surface area (Å²) in [6.45, 7) is 0. The van der Waals surface area contributed by atoms with Crippen LogP contribution in [0.15, 0.2) is 243 Å². The van der Waals surface area contributed by atoms with E-state index in [0.29, 0.717) is 0 Å². The van der Waals surface area contributed by atoms with Crippen molar-refractivity contribution in [2.45, 2.75) is 0 Å². The van der Waals surface area contributed by atoms with Crippen molar-refractivity contribution in [2.75, 3.05) is 0 Å². The smallest absolute Gasteiger partial charge is 0.387 e. The molecule has 4 N–H and O–H groups in total. The summed E-state index contributed by atoms with van der Waals surface area (Å²) in [5.74, 6) is 0. The van der Waals surface area contributed by atoms with Crippen LogP contribution in [0, 0.1) is 0 Å². The van der Waals surface area contributed by atoms with E-state index in [1.54, 1.807) is 243 Å². The van der Waals surface area contributed by atoms with Gasteiger partial charge in [0.25, 0.3) is 0 Å². The highest BCUT2D eigenvalue weighted by molar-refractivity contribution is 7.09. The van der Waals surface area contributed by atoms with Crippen molar-refractivity contribution in [3.8, 4) is 0 Å². The van der Waals surface area contributed by atoms with E-state index in [2.05, 4.69) is 0 Å². The first-order valence-electron chi connectivity index (χ1n) is 22.3. The summed E-state index contributed by atoms with van der Waals surface area (Å²) in [6, 6.07) is 68.7. The van der Waals surface area contributed by atoms with Gasteiger partial charge in [-0.25, -0.2) is 0 Å². The highest BCUT2D eigenvalue weighted by Gasteiger charge is 2.79. The molecule has 4 unspecified atom stereocenters. The first-order chi connectivity index (χ1) is 33.9. The SMILES string of the molecule is O[Si]1(c2ccccc2)O[Si](O)(c2ccccc2)O[Si]2(c3ccccc3)O[Si](c3ccccc3)(O1)O[Si]1(c3ccccc3)O[Si](O)(c3ccccc3)O[Si](O)(c3ccccc3)O[Si](c3ccccc3)(O1)O2. The Hall–Kier alpha value is -5.06. The largest absolute Gasteiger partial charge is 0.520 e. The van der Waals surface area contributed by atoms with Crippen LogP contribution >= 0.6 is 0 Å². The Bertz CT molecular complexity index is 2650. The number of benzene rings is 8. The van der Waals surface area contributed by atoms with Gasteiger partial charge in [-0.1, -0.05) is 243 Å². The van der Waals surface area contributed by atoms with Crippen molar-refractivity contribution < 1.29 is 60.3 Å². The summed E-state index contributed by atoms with van der Waals surface area (Å²) in [5, 5.41) is 1.82. The van der Waals surface area contributed by atoms with Crippen LogP contribution < -0.4 is 41.5 Å². The Morgan fingerprint density at radius 3 is 0.471 bits per heavy atom. The highest BCUT2D eigenvalue weighted by Crippen LogP contribution is 2.41. The van der Waals surface area contributed by atoms with Gasteiger partial charge in [0, 0.05) is 41.5 Å². The van der Waals surface area contributed by atoms with Gasteiger partial charge >= 0.3 is 70.4 Å². The van der Waals surface area contributed by atoms with Crippen molar-refractivity contribution in [1.29, 1.82) is 0 Å².